The maximum Gasteiger partial charge on any atom is 0.408 e. The van der Waals surface area contributed by atoms with Gasteiger partial charge in [0.2, 0.25) is 5.91 Å². The van der Waals surface area contributed by atoms with Gasteiger partial charge in [0, 0.05) is 19.0 Å². The monoisotopic (exact) mass is 401 g/mol. The Hall–Kier alpha value is -2.07. The molecule has 10 nitrogen and oxygen atoms in total. The maximum absolute atomic E-state index is 11.7. The maximum atomic E-state index is 11.7. The lowest BCUT2D eigenvalue weighted by Gasteiger charge is -2.09. The number of hydrogen-bond donors (Lipinski definition) is 6. The summed E-state index contributed by atoms with van der Waals surface area (Å²) in [5, 5.41) is 8.43. The van der Waals surface area contributed by atoms with Crippen LogP contribution in [-0.4, -0.2) is 56.9 Å². The summed E-state index contributed by atoms with van der Waals surface area (Å²) in [6, 6.07) is 0.210. The van der Waals surface area contributed by atoms with Crippen LogP contribution in [0.4, 0.5) is 4.79 Å². The SMILES string of the molecule is C[C@@H](N)CCNCCCCOC(=O)NCNC(=O)CCCCCCN=C(N)N. The summed E-state index contributed by atoms with van der Waals surface area (Å²) < 4.78 is 5.04. The summed E-state index contributed by atoms with van der Waals surface area (Å²) in [4.78, 5) is 27.1. The first-order chi connectivity index (χ1) is 13.4. The Kier molecular flexibility index (Phi) is 16.9. The van der Waals surface area contributed by atoms with Gasteiger partial charge in [0.05, 0.1) is 13.3 Å². The third kappa shape index (κ3) is 20.2. The van der Waals surface area contributed by atoms with Crippen molar-refractivity contribution in [2.45, 2.75) is 64.3 Å². The van der Waals surface area contributed by atoms with E-state index in [4.69, 9.17) is 21.9 Å². The van der Waals surface area contributed by atoms with Gasteiger partial charge in [-0.05, 0) is 52.1 Å². The molecule has 0 spiro atoms. The summed E-state index contributed by atoms with van der Waals surface area (Å²) in [6.45, 7) is 4.80. The Balaban J connectivity index is 3.38. The molecule has 0 aromatic carbocycles. The fraction of sp³-hybridized carbons (Fsp3) is 0.833. The fourth-order valence-corrected chi connectivity index (χ4v) is 2.29. The number of nitrogens with zero attached hydrogens (tertiary/aromatic N) is 1. The molecular weight excluding hydrogens is 362 g/mol. The number of nitrogens with two attached hydrogens (primary N) is 3. The van der Waals surface area contributed by atoms with Crippen molar-refractivity contribution in [3.63, 3.8) is 0 Å². The van der Waals surface area contributed by atoms with Crippen molar-refractivity contribution in [2.24, 2.45) is 22.2 Å². The average molecular weight is 402 g/mol. The zero-order valence-corrected chi connectivity index (χ0v) is 17.2. The minimum atomic E-state index is -0.523. The van der Waals surface area contributed by atoms with Crippen LogP contribution in [0.3, 0.4) is 0 Å². The standard InChI is InChI=1S/C18H39N7O3/c1-15(19)9-12-22-10-6-7-13-28-18(27)25-14-24-16(26)8-4-2-3-5-11-23-17(20)21/h15,22H,2-14,19H2,1H3,(H,24,26)(H,25,27)(H4,20,21,23)/t15-/m1/s1. The molecule has 0 radical (unpaired) electrons. The van der Waals surface area contributed by atoms with Crippen molar-refractivity contribution in [1.29, 1.82) is 0 Å². The molecule has 28 heavy (non-hydrogen) atoms. The van der Waals surface area contributed by atoms with Crippen molar-refractivity contribution in [3.8, 4) is 0 Å². The Labute approximate surface area is 168 Å². The molecule has 0 saturated heterocycles. The van der Waals surface area contributed by atoms with Crippen LogP contribution in [0.1, 0.15) is 58.3 Å². The first-order valence-corrected chi connectivity index (χ1v) is 10.1. The van der Waals surface area contributed by atoms with E-state index in [1.807, 2.05) is 6.92 Å². The molecule has 0 bridgehead atoms. The number of unbranched alkanes of at least 4 members (excludes halogenated alkanes) is 4. The van der Waals surface area contributed by atoms with Gasteiger partial charge >= 0.3 is 6.09 Å². The highest BCUT2D eigenvalue weighted by Gasteiger charge is 2.04. The zero-order chi connectivity index (χ0) is 21.0. The smallest absolute Gasteiger partial charge is 0.408 e. The van der Waals surface area contributed by atoms with E-state index in [2.05, 4.69) is 20.9 Å². The Bertz CT molecular complexity index is 441. The molecule has 0 aliphatic rings. The van der Waals surface area contributed by atoms with E-state index in [0.717, 1.165) is 58.0 Å². The second-order valence-electron chi connectivity index (χ2n) is 6.78. The minimum absolute atomic E-state index is 0.0704. The van der Waals surface area contributed by atoms with Crippen LogP contribution in [-0.2, 0) is 9.53 Å². The first kappa shape index (κ1) is 25.9. The van der Waals surface area contributed by atoms with Crippen molar-refractivity contribution in [3.05, 3.63) is 0 Å². The molecule has 9 N–H and O–H groups in total. The molecule has 0 rings (SSSR count). The summed E-state index contributed by atoms with van der Waals surface area (Å²) >= 11 is 0. The summed E-state index contributed by atoms with van der Waals surface area (Å²) in [5.74, 6) is 0.0119. The van der Waals surface area contributed by atoms with E-state index in [9.17, 15) is 9.59 Å². The third-order valence-electron chi connectivity index (χ3n) is 3.88. The predicted molar refractivity (Wildman–Crippen MR) is 112 cm³/mol. The molecule has 0 heterocycles. The van der Waals surface area contributed by atoms with Gasteiger partial charge in [0.25, 0.3) is 0 Å². The lowest BCUT2D eigenvalue weighted by Crippen LogP contribution is -2.37. The minimum Gasteiger partial charge on any atom is -0.450 e. The van der Waals surface area contributed by atoms with Crippen LogP contribution in [0.15, 0.2) is 4.99 Å². The highest BCUT2D eigenvalue weighted by molar-refractivity contribution is 5.76. The van der Waals surface area contributed by atoms with E-state index in [0.29, 0.717) is 19.6 Å². The van der Waals surface area contributed by atoms with Crippen LogP contribution in [0.5, 0.6) is 0 Å². The van der Waals surface area contributed by atoms with Crippen molar-refractivity contribution >= 4 is 18.0 Å². The summed E-state index contributed by atoms with van der Waals surface area (Å²) in [5.41, 5.74) is 16.1. The van der Waals surface area contributed by atoms with E-state index >= 15 is 0 Å². The van der Waals surface area contributed by atoms with Crippen LogP contribution in [0, 0.1) is 0 Å². The molecule has 10 heteroatoms. The van der Waals surface area contributed by atoms with Gasteiger partial charge in [-0.1, -0.05) is 12.8 Å². The number of rotatable bonds is 17. The third-order valence-corrected chi connectivity index (χ3v) is 3.88. The van der Waals surface area contributed by atoms with Crippen molar-refractivity contribution in [1.82, 2.24) is 16.0 Å². The van der Waals surface area contributed by atoms with Crippen molar-refractivity contribution < 1.29 is 14.3 Å². The lowest BCUT2D eigenvalue weighted by atomic mass is 10.1. The Morgan fingerprint density at radius 2 is 1.75 bits per heavy atom. The second-order valence-corrected chi connectivity index (χ2v) is 6.78. The molecule has 0 aliphatic carbocycles. The van der Waals surface area contributed by atoms with Crippen LogP contribution in [0.25, 0.3) is 0 Å². The topological polar surface area (TPSA) is 170 Å². The van der Waals surface area contributed by atoms with E-state index in [-0.39, 0.29) is 24.6 Å². The van der Waals surface area contributed by atoms with E-state index < -0.39 is 6.09 Å². The van der Waals surface area contributed by atoms with Crippen LogP contribution < -0.4 is 33.2 Å². The molecular formula is C18H39N7O3. The second kappa shape index (κ2) is 18.3. The molecule has 1 atom stereocenters. The molecule has 0 aromatic rings. The molecule has 0 fully saturated rings. The van der Waals surface area contributed by atoms with Gasteiger partial charge < -0.3 is 37.9 Å². The Morgan fingerprint density at radius 1 is 1.00 bits per heavy atom. The van der Waals surface area contributed by atoms with E-state index in [1.54, 1.807) is 0 Å². The van der Waals surface area contributed by atoms with Gasteiger partial charge in [0.15, 0.2) is 5.96 Å². The predicted octanol–water partition coefficient (Wildman–Crippen LogP) is 0.117. The number of guanidine groups is 1. The zero-order valence-electron chi connectivity index (χ0n) is 17.2. The molecule has 2 amide bonds. The highest BCUT2D eigenvalue weighted by Crippen LogP contribution is 2.03. The van der Waals surface area contributed by atoms with Crippen LogP contribution >= 0.6 is 0 Å². The number of hydrogen-bond acceptors (Lipinski definition) is 6. The summed E-state index contributed by atoms with van der Waals surface area (Å²) in [6.07, 6.45) is 6.15. The van der Waals surface area contributed by atoms with Crippen LogP contribution in [0.2, 0.25) is 0 Å². The average Bonchev–Trinajstić information content (AvgIpc) is 2.62. The Morgan fingerprint density at radius 3 is 2.46 bits per heavy atom. The first-order valence-electron chi connectivity index (χ1n) is 10.1. The number of carbonyl (C=O) groups is 2. The van der Waals surface area contributed by atoms with Gasteiger partial charge in [0.1, 0.15) is 0 Å². The van der Waals surface area contributed by atoms with Gasteiger partial charge in [-0.3, -0.25) is 9.79 Å². The van der Waals surface area contributed by atoms with E-state index in [1.165, 1.54) is 0 Å². The molecule has 164 valence electrons. The molecule has 0 aliphatic heterocycles. The van der Waals surface area contributed by atoms with Crippen molar-refractivity contribution in [2.75, 3.05) is 32.9 Å². The fourth-order valence-electron chi connectivity index (χ4n) is 2.29. The largest absolute Gasteiger partial charge is 0.450 e. The lowest BCUT2D eigenvalue weighted by molar-refractivity contribution is -0.121. The number of amides is 2. The van der Waals surface area contributed by atoms with Gasteiger partial charge in [-0.15, -0.1) is 0 Å². The number of aliphatic imine (C=N–C) groups is 1. The quantitative estimate of drug-likeness (QED) is 0.0869. The number of alkyl carbamates (subject to hydrolysis) is 1. The number of ether oxygens (including phenoxy) is 1. The molecule has 0 saturated carbocycles. The van der Waals surface area contributed by atoms with Gasteiger partial charge in [-0.2, -0.15) is 0 Å². The highest BCUT2D eigenvalue weighted by atomic mass is 16.5. The number of nitrogens with one attached hydrogen (secondary N) is 3. The summed E-state index contributed by atoms with van der Waals surface area (Å²) in [7, 11) is 0. The van der Waals surface area contributed by atoms with Gasteiger partial charge in [-0.25, -0.2) is 4.79 Å². The number of carbonyl (C=O) groups excluding carboxylic acids is 2. The normalized spacial score (nSPS) is 11.5. The molecule has 0 unspecified atom stereocenters. The molecule has 0 aromatic heterocycles.